The SMILES string of the molecule is NCCCC(=O)c1cc(Cl)cnc1N. The molecule has 0 spiro atoms. The van der Waals surface area contributed by atoms with E-state index in [1.165, 1.54) is 12.3 Å². The summed E-state index contributed by atoms with van der Waals surface area (Å²) in [5.74, 6) is 0.152. The molecule has 0 saturated carbocycles. The largest absolute Gasteiger partial charge is 0.383 e. The number of halogens is 1. The number of nitrogens with zero attached hydrogens (tertiary/aromatic N) is 1. The number of Topliss-reactive ketones (excluding diaryl/α,β-unsaturated/α-hetero) is 1. The highest BCUT2D eigenvalue weighted by molar-refractivity contribution is 6.31. The van der Waals surface area contributed by atoms with Crippen molar-refractivity contribution < 1.29 is 4.79 Å². The zero-order valence-corrected chi connectivity index (χ0v) is 8.42. The first-order chi connectivity index (χ1) is 6.65. The van der Waals surface area contributed by atoms with Gasteiger partial charge in [-0.05, 0) is 19.0 Å². The summed E-state index contributed by atoms with van der Waals surface area (Å²) in [5, 5.41) is 0.412. The van der Waals surface area contributed by atoms with Gasteiger partial charge in [0.15, 0.2) is 5.78 Å². The highest BCUT2D eigenvalue weighted by Gasteiger charge is 2.10. The standard InChI is InChI=1S/C9H12ClN3O/c10-6-4-7(9(12)13-5-6)8(14)2-1-3-11/h4-5H,1-3,11H2,(H2,12,13). The van der Waals surface area contributed by atoms with Gasteiger partial charge >= 0.3 is 0 Å². The summed E-state index contributed by atoms with van der Waals surface area (Å²) in [6, 6.07) is 1.53. The zero-order chi connectivity index (χ0) is 10.6. The van der Waals surface area contributed by atoms with Crippen LogP contribution in [-0.2, 0) is 0 Å². The summed E-state index contributed by atoms with van der Waals surface area (Å²) in [7, 11) is 0. The van der Waals surface area contributed by atoms with E-state index in [0.29, 0.717) is 30.0 Å². The van der Waals surface area contributed by atoms with E-state index in [4.69, 9.17) is 23.1 Å². The molecule has 1 aromatic rings. The second-order valence-electron chi connectivity index (χ2n) is 2.90. The van der Waals surface area contributed by atoms with Gasteiger partial charge in [-0.2, -0.15) is 0 Å². The van der Waals surface area contributed by atoms with E-state index in [2.05, 4.69) is 4.98 Å². The average Bonchev–Trinajstić information content (AvgIpc) is 2.18. The fraction of sp³-hybridized carbons (Fsp3) is 0.333. The van der Waals surface area contributed by atoms with E-state index >= 15 is 0 Å². The molecule has 4 N–H and O–H groups in total. The lowest BCUT2D eigenvalue weighted by atomic mass is 10.1. The molecule has 14 heavy (non-hydrogen) atoms. The molecule has 5 heteroatoms. The molecule has 1 heterocycles. The van der Waals surface area contributed by atoms with E-state index < -0.39 is 0 Å². The van der Waals surface area contributed by atoms with Gasteiger partial charge in [0, 0.05) is 12.6 Å². The molecule has 0 fully saturated rings. The molecule has 0 saturated heterocycles. The second kappa shape index (κ2) is 4.93. The van der Waals surface area contributed by atoms with Crippen LogP contribution in [0.1, 0.15) is 23.2 Å². The Morgan fingerprint density at radius 2 is 2.29 bits per heavy atom. The van der Waals surface area contributed by atoms with Crippen LogP contribution in [0.5, 0.6) is 0 Å². The molecule has 0 atom stereocenters. The molecule has 0 amide bonds. The van der Waals surface area contributed by atoms with Crippen LogP contribution in [0.4, 0.5) is 5.82 Å². The maximum atomic E-state index is 11.5. The fourth-order valence-corrected chi connectivity index (χ4v) is 1.23. The molecule has 0 unspecified atom stereocenters. The van der Waals surface area contributed by atoms with Crippen molar-refractivity contribution >= 4 is 23.2 Å². The van der Waals surface area contributed by atoms with Crippen molar-refractivity contribution in [2.24, 2.45) is 5.73 Å². The smallest absolute Gasteiger partial charge is 0.166 e. The summed E-state index contributed by atoms with van der Waals surface area (Å²) in [6.45, 7) is 0.486. The van der Waals surface area contributed by atoms with Crippen LogP contribution in [0.25, 0.3) is 0 Å². The molecular weight excluding hydrogens is 202 g/mol. The summed E-state index contributed by atoms with van der Waals surface area (Å²) in [6.07, 6.45) is 2.43. The highest BCUT2D eigenvalue weighted by atomic mass is 35.5. The molecule has 0 aromatic carbocycles. The van der Waals surface area contributed by atoms with E-state index in [-0.39, 0.29) is 11.6 Å². The van der Waals surface area contributed by atoms with E-state index in [1.807, 2.05) is 0 Å². The third-order valence-electron chi connectivity index (χ3n) is 1.79. The predicted molar refractivity (Wildman–Crippen MR) is 56.3 cm³/mol. The Hall–Kier alpha value is -1.13. The van der Waals surface area contributed by atoms with Crippen LogP contribution >= 0.6 is 11.6 Å². The Morgan fingerprint density at radius 1 is 1.57 bits per heavy atom. The minimum atomic E-state index is -0.0667. The minimum absolute atomic E-state index is 0.0667. The lowest BCUT2D eigenvalue weighted by molar-refractivity contribution is 0.0981. The first kappa shape index (κ1) is 10.9. The molecule has 76 valence electrons. The third-order valence-corrected chi connectivity index (χ3v) is 2.00. The summed E-state index contributed by atoms with van der Waals surface area (Å²) >= 11 is 5.70. The number of hydrogen-bond donors (Lipinski definition) is 2. The number of aromatic nitrogens is 1. The number of carbonyl (C=O) groups is 1. The monoisotopic (exact) mass is 213 g/mol. The normalized spacial score (nSPS) is 10.1. The van der Waals surface area contributed by atoms with Gasteiger partial charge in [0.1, 0.15) is 5.82 Å². The summed E-state index contributed by atoms with van der Waals surface area (Å²) in [4.78, 5) is 15.3. The number of pyridine rings is 1. The molecule has 1 aromatic heterocycles. The van der Waals surface area contributed by atoms with Crippen LogP contribution in [-0.4, -0.2) is 17.3 Å². The molecule has 0 aliphatic rings. The van der Waals surface area contributed by atoms with Crippen molar-refractivity contribution in [3.63, 3.8) is 0 Å². The summed E-state index contributed by atoms with van der Waals surface area (Å²) in [5.41, 5.74) is 11.2. The van der Waals surface area contributed by atoms with Gasteiger partial charge in [0.05, 0.1) is 10.6 Å². The Bertz CT molecular complexity index is 341. The number of nitrogen functional groups attached to an aromatic ring is 1. The second-order valence-corrected chi connectivity index (χ2v) is 3.34. The van der Waals surface area contributed by atoms with Gasteiger partial charge in [0.2, 0.25) is 0 Å². The van der Waals surface area contributed by atoms with Crippen LogP contribution in [0.3, 0.4) is 0 Å². The van der Waals surface area contributed by atoms with E-state index in [0.717, 1.165) is 0 Å². The van der Waals surface area contributed by atoms with Crippen molar-refractivity contribution in [1.29, 1.82) is 0 Å². The number of ketones is 1. The number of anilines is 1. The third kappa shape index (κ3) is 2.68. The van der Waals surface area contributed by atoms with Gasteiger partial charge in [-0.25, -0.2) is 4.98 Å². The lowest BCUT2D eigenvalue weighted by Gasteiger charge is -2.03. The van der Waals surface area contributed by atoms with Crippen LogP contribution in [0.2, 0.25) is 5.02 Å². The van der Waals surface area contributed by atoms with Gasteiger partial charge in [-0.15, -0.1) is 0 Å². The molecule has 4 nitrogen and oxygen atoms in total. The van der Waals surface area contributed by atoms with E-state index in [9.17, 15) is 4.79 Å². The first-order valence-electron chi connectivity index (χ1n) is 4.29. The Labute approximate surface area is 87.3 Å². The molecule has 0 bridgehead atoms. The molecule has 1 rings (SSSR count). The lowest BCUT2D eigenvalue weighted by Crippen LogP contribution is -2.08. The van der Waals surface area contributed by atoms with Crippen molar-refractivity contribution in [3.05, 3.63) is 22.8 Å². The van der Waals surface area contributed by atoms with Crippen LogP contribution in [0.15, 0.2) is 12.3 Å². The zero-order valence-electron chi connectivity index (χ0n) is 7.66. The van der Waals surface area contributed by atoms with Crippen LogP contribution in [0, 0.1) is 0 Å². The maximum Gasteiger partial charge on any atom is 0.166 e. The number of carbonyl (C=O) groups excluding carboxylic acids is 1. The Balaban J connectivity index is 2.83. The average molecular weight is 214 g/mol. The number of rotatable bonds is 4. The molecule has 0 aliphatic heterocycles. The van der Waals surface area contributed by atoms with Crippen molar-refractivity contribution in [2.45, 2.75) is 12.8 Å². The van der Waals surface area contributed by atoms with Crippen LogP contribution < -0.4 is 11.5 Å². The minimum Gasteiger partial charge on any atom is -0.383 e. The van der Waals surface area contributed by atoms with Crippen molar-refractivity contribution in [1.82, 2.24) is 4.98 Å². The Kier molecular flexibility index (Phi) is 3.85. The molecule has 0 radical (unpaired) electrons. The molecule has 0 aliphatic carbocycles. The highest BCUT2D eigenvalue weighted by Crippen LogP contribution is 2.16. The number of nitrogens with two attached hydrogens (primary N) is 2. The van der Waals surface area contributed by atoms with Gasteiger partial charge < -0.3 is 11.5 Å². The quantitative estimate of drug-likeness (QED) is 0.738. The topological polar surface area (TPSA) is 82.0 Å². The van der Waals surface area contributed by atoms with Gasteiger partial charge in [0.25, 0.3) is 0 Å². The number of hydrogen-bond acceptors (Lipinski definition) is 4. The van der Waals surface area contributed by atoms with Gasteiger partial charge in [-0.1, -0.05) is 11.6 Å². The summed E-state index contributed by atoms with van der Waals surface area (Å²) < 4.78 is 0. The molecular formula is C9H12ClN3O. The van der Waals surface area contributed by atoms with Crippen molar-refractivity contribution in [2.75, 3.05) is 12.3 Å². The maximum absolute atomic E-state index is 11.5. The Morgan fingerprint density at radius 3 is 2.93 bits per heavy atom. The van der Waals surface area contributed by atoms with Crippen molar-refractivity contribution in [3.8, 4) is 0 Å². The van der Waals surface area contributed by atoms with Gasteiger partial charge in [-0.3, -0.25) is 4.79 Å². The predicted octanol–water partition coefficient (Wildman–Crippen LogP) is 1.24. The fourth-order valence-electron chi connectivity index (χ4n) is 1.07. The first-order valence-corrected chi connectivity index (χ1v) is 4.67. The van der Waals surface area contributed by atoms with E-state index in [1.54, 1.807) is 0 Å².